The van der Waals surface area contributed by atoms with Crippen molar-refractivity contribution < 1.29 is 0 Å². The normalized spacial score (nSPS) is 11.5. The summed E-state index contributed by atoms with van der Waals surface area (Å²) in [5.74, 6) is 0. The number of rotatable bonds is 4. The SMILES string of the molecule is [C-]#[N+]c1ccc2c(c1)c1ccccc1n2-c1ccc(-c2cc(C#N)ccc2-n2c3ccccc3c3cc(-n4c5ccccc5c5ccccc54)ccc32)c(C#N)c1. The summed E-state index contributed by atoms with van der Waals surface area (Å²) in [4.78, 5) is 3.67. The molecule has 0 aliphatic rings. The van der Waals surface area contributed by atoms with Crippen molar-refractivity contribution in [2.24, 2.45) is 0 Å². The Balaban J connectivity index is 1.13. The molecule has 0 spiro atoms. The lowest BCUT2D eigenvalue weighted by atomic mass is 9.96. The van der Waals surface area contributed by atoms with E-state index in [2.05, 4.69) is 134 Å². The van der Waals surface area contributed by atoms with Gasteiger partial charge in [0, 0.05) is 49.4 Å². The van der Waals surface area contributed by atoms with Crippen LogP contribution in [0.1, 0.15) is 11.1 Å². The molecular weight excluding hydrogens is 697 g/mol. The predicted octanol–water partition coefficient (Wildman–Crippen LogP) is 12.9. The Kier molecular flexibility index (Phi) is 6.95. The van der Waals surface area contributed by atoms with E-state index in [9.17, 15) is 10.5 Å². The number of para-hydroxylation sites is 4. The number of hydrogen-bond acceptors (Lipinski definition) is 2. The molecule has 0 N–H and O–H groups in total. The molecule has 3 aromatic heterocycles. The highest BCUT2D eigenvalue weighted by Crippen LogP contribution is 2.41. The third-order valence-electron chi connectivity index (χ3n) is 11.3. The van der Waals surface area contributed by atoms with E-state index in [0.717, 1.165) is 82.8 Å². The van der Waals surface area contributed by atoms with Crippen molar-refractivity contribution in [3.05, 3.63) is 192 Å². The second kappa shape index (κ2) is 12.3. The van der Waals surface area contributed by atoms with Crippen molar-refractivity contribution >= 4 is 71.1 Å². The molecule has 3 heterocycles. The van der Waals surface area contributed by atoms with Gasteiger partial charge in [0.25, 0.3) is 0 Å². The van der Waals surface area contributed by atoms with Crippen molar-refractivity contribution in [1.82, 2.24) is 13.7 Å². The minimum absolute atomic E-state index is 0.488. The summed E-state index contributed by atoms with van der Waals surface area (Å²) in [6, 6.07) is 62.6. The Morgan fingerprint density at radius 2 is 0.895 bits per heavy atom. The van der Waals surface area contributed by atoms with E-state index in [4.69, 9.17) is 6.57 Å². The molecule has 0 amide bonds. The van der Waals surface area contributed by atoms with Crippen molar-refractivity contribution in [3.63, 3.8) is 0 Å². The summed E-state index contributed by atoms with van der Waals surface area (Å²) in [5.41, 5.74) is 12.2. The van der Waals surface area contributed by atoms with Crippen LogP contribution < -0.4 is 0 Å². The zero-order chi connectivity index (χ0) is 38.2. The fraction of sp³-hybridized carbons (Fsp3) is 0. The summed E-state index contributed by atoms with van der Waals surface area (Å²) in [7, 11) is 0. The number of aromatic nitrogens is 3. The van der Waals surface area contributed by atoms with E-state index < -0.39 is 0 Å². The first-order valence-corrected chi connectivity index (χ1v) is 18.7. The fourth-order valence-corrected chi connectivity index (χ4v) is 8.88. The fourth-order valence-electron chi connectivity index (χ4n) is 8.88. The van der Waals surface area contributed by atoms with Gasteiger partial charge in [0.15, 0.2) is 5.69 Å². The predicted molar refractivity (Wildman–Crippen MR) is 231 cm³/mol. The molecule has 8 aromatic carbocycles. The number of hydrogen-bond donors (Lipinski definition) is 0. The highest BCUT2D eigenvalue weighted by molar-refractivity contribution is 6.13. The number of nitriles is 2. The van der Waals surface area contributed by atoms with Crippen molar-refractivity contribution in [3.8, 4) is 40.3 Å². The van der Waals surface area contributed by atoms with Gasteiger partial charge in [-0.1, -0.05) is 84.9 Å². The van der Waals surface area contributed by atoms with Crippen LogP contribution in [-0.2, 0) is 0 Å². The van der Waals surface area contributed by atoms with Crippen LogP contribution in [0.5, 0.6) is 0 Å². The first-order chi connectivity index (χ1) is 28.1. The molecule has 0 saturated carbocycles. The molecule has 6 nitrogen and oxygen atoms in total. The van der Waals surface area contributed by atoms with Gasteiger partial charge in [-0.05, 0) is 90.3 Å². The minimum atomic E-state index is 0.488. The zero-order valence-corrected chi connectivity index (χ0v) is 30.3. The average molecular weight is 725 g/mol. The highest BCUT2D eigenvalue weighted by atomic mass is 15.0. The summed E-state index contributed by atoms with van der Waals surface area (Å²) >= 11 is 0. The van der Waals surface area contributed by atoms with Gasteiger partial charge in [-0.25, -0.2) is 4.85 Å². The third kappa shape index (κ3) is 4.68. The molecule has 57 heavy (non-hydrogen) atoms. The maximum atomic E-state index is 10.8. The van der Waals surface area contributed by atoms with E-state index in [-0.39, 0.29) is 0 Å². The van der Waals surface area contributed by atoms with Gasteiger partial charge < -0.3 is 13.7 Å². The van der Waals surface area contributed by atoms with Crippen LogP contribution in [0.2, 0.25) is 0 Å². The average Bonchev–Trinajstić information content (AvgIpc) is 3.91. The van der Waals surface area contributed by atoms with Crippen LogP contribution in [-0.4, -0.2) is 13.7 Å². The van der Waals surface area contributed by atoms with E-state index in [1.807, 2.05) is 66.7 Å². The second-order valence-corrected chi connectivity index (χ2v) is 14.3. The van der Waals surface area contributed by atoms with E-state index in [1.54, 1.807) is 0 Å². The van der Waals surface area contributed by atoms with Crippen LogP contribution in [0.25, 0.3) is 98.5 Å². The number of benzene rings is 8. The number of fused-ring (bicyclic) bond motifs is 9. The van der Waals surface area contributed by atoms with E-state index in [0.29, 0.717) is 16.8 Å². The number of nitrogens with zero attached hydrogens (tertiary/aromatic N) is 6. The largest absolute Gasteiger partial charge is 0.309 e. The smallest absolute Gasteiger partial charge is 0.188 e. The van der Waals surface area contributed by atoms with Gasteiger partial charge in [0.05, 0.1) is 68.6 Å². The molecule has 0 radical (unpaired) electrons. The Labute approximate surface area is 326 Å². The van der Waals surface area contributed by atoms with Gasteiger partial charge in [0.2, 0.25) is 0 Å². The van der Waals surface area contributed by atoms with Crippen molar-refractivity contribution in [2.45, 2.75) is 0 Å². The standard InChI is InChI=1S/C51H28N6/c1-54-34-19-24-49-43(28-34)40-12-4-8-16-47(40)55(49)35-20-22-37(33(27-35)31-53)42-26-32(30-52)18-23-50(42)57-48-17-9-5-13-41(48)44-29-36(21-25-51(44)57)56-45-14-6-2-10-38(45)39-11-3-7-15-46(39)56/h2-29H. The summed E-state index contributed by atoms with van der Waals surface area (Å²) in [5, 5.41) is 27.6. The molecule has 0 unspecified atom stereocenters. The molecular formula is C51H28N6. The monoisotopic (exact) mass is 724 g/mol. The van der Waals surface area contributed by atoms with Gasteiger partial charge in [-0.15, -0.1) is 0 Å². The Hall–Kier alpha value is -8.37. The molecule has 6 heteroatoms. The lowest BCUT2D eigenvalue weighted by molar-refractivity contribution is 1.16. The van der Waals surface area contributed by atoms with E-state index >= 15 is 0 Å². The molecule has 0 bridgehead atoms. The summed E-state index contributed by atoms with van der Waals surface area (Å²) < 4.78 is 6.75. The summed E-state index contributed by atoms with van der Waals surface area (Å²) in [6.07, 6.45) is 0. The van der Waals surface area contributed by atoms with Crippen LogP contribution in [0, 0.1) is 29.2 Å². The molecule has 11 aromatic rings. The van der Waals surface area contributed by atoms with Gasteiger partial charge in [-0.2, -0.15) is 10.5 Å². The molecule has 262 valence electrons. The topological polar surface area (TPSA) is 66.7 Å². The molecule has 0 fully saturated rings. The molecule has 11 rings (SSSR count). The van der Waals surface area contributed by atoms with Gasteiger partial charge in [0.1, 0.15) is 0 Å². The maximum Gasteiger partial charge on any atom is 0.188 e. The zero-order valence-electron chi connectivity index (χ0n) is 30.3. The first kappa shape index (κ1) is 32.1. The Morgan fingerprint density at radius 3 is 1.49 bits per heavy atom. The van der Waals surface area contributed by atoms with Gasteiger partial charge >= 0.3 is 0 Å². The van der Waals surface area contributed by atoms with Crippen LogP contribution >= 0.6 is 0 Å². The quantitative estimate of drug-likeness (QED) is 0.170. The second-order valence-electron chi connectivity index (χ2n) is 14.3. The molecule has 0 atom stereocenters. The lowest BCUT2D eigenvalue weighted by Gasteiger charge is -2.17. The Bertz CT molecular complexity index is 3580. The first-order valence-electron chi connectivity index (χ1n) is 18.7. The Morgan fingerprint density at radius 1 is 0.404 bits per heavy atom. The maximum absolute atomic E-state index is 10.8. The highest BCUT2D eigenvalue weighted by Gasteiger charge is 2.21. The van der Waals surface area contributed by atoms with Crippen molar-refractivity contribution in [1.29, 1.82) is 10.5 Å². The third-order valence-corrected chi connectivity index (χ3v) is 11.3. The van der Waals surface area contributed by atoms with Crippen LogP contribution in [0.3, 0.4) is 0 Å². The van der Waals surface area contributed by atoms with Gasteiger partial charge in [-0.3, -0.25) is 0 Å². The van der Waals surface area contributed by atoms with Crippen LogP contribution in [0.15, 0.2) is 170 Å². The molecule has 0 aliphatic heterocycles. The lowest BCUT2D eigenvalue weighted by Crippen LogP contribution is -2.01. The summed E-state index contributed by atoms with van der Waals surface area (Å²) in [6.45, 7) is 7.59. The minimum Gasteiger partial charge on any atom is -0.309 e. The van der Waals surface area contributed by atoms with Crippen molar-refractivity contribution in [2.75, 3.05) is 0 Å². The molecule has 0 saturated heterocycles. The van der Waals surface area contributed by atoms with Crippen LogP contribution in [0.4, 0.5) is 5.69 Å². The van der Waals surface area contributed by atoms with E-state index in [1.165, 1.54) is 10.8 Å². The molecule has 0 aliphatic carbocycles.